The Morgan fingerprint density at radius 3 is 2.44 bits per heavy atom. The minimum atomic E-state index is 1.05. The molecule has 0 bridgehead atoms. The maximum absolute atomic E-state index is 2.36. The molecule has 0 aliphatic carbocycles. The molecule has 0 spiro atoms. The standard InChI is InChI=1S/C23H23N2/c1-3-15-25-17-19(21-9-5-7-11-23(21)25)13-12-18-14-16-24(2)22-10-6-4-8-20(18)22/h4-14,16-17H,3,15H2,1-2H3/q+1. The molecule has 0 radical (unpaired) electrons. The van der Waals surface area contributed by atoms with Gasteiger partial charge < -0.3 is 4.57 Å². The molecular formula is C23H23N2+. The lowest BCUT2D eigenvalue weighted by Crippen LogP contribution is -2.28. The van der Waals surface area contributed by atoms with Gasteiger partial charge >= 0.3 is 0 Å². The lowest BCUT2D eigenvalue weighted by atomic mass is 10.1. The SMILES string of the molecule is CCCn1cc(/C=C/c2cc[n+](C)c3ccccc23)c2ccccc21. The van der Waals surface area contributed by atoms with E-state index in [1.54, 1.807) is 0 Å². The minimum absolute atomic E-state index is 1.05. The van der Waals surface area contributed by atoms with Crippen LogP contribution in [0.2, 0.25) is 0 Å². The molecule has 2 aromatic heterocycles. The summed E-state index contributed by atoms with van der Waals surface area (Å²) in [6.07, 6.45) is 10.0. The van der Waals surface area contributed by atoms with Crippen LogP contribution in [-0.2, 0) is 13.6 Å². The van der Waals surface area contributed by atoms with Gasteiger partial charge in [0, 0.05) is 35.8 Å². The summed E-state index contributed by atoms with van der Waals surface area (Å²) in [5.74, 6) is 0. The predicted octanol–water partition coefficient (Wildman–Crippen LogP) is 5.20. The highest BCUT2D eigenvalue weighted by molar-refractivity contribution is 5.95. The monoisotopic (exact) mass is 327 g/mol. The summed E-state index contributed by atoms with van der Waals surface area (Å²) in [5.41, 5.74) is 5.09. The molecule has 0 fully saturated rings. The normalized spacial score (nSPS) is 11.8. The number of hydrogen-bond acceptors (Lipinski definition) is 0. The first kappa shape index (κ1) is 15.6. The molecule has 2 heteroatoms. The van der Waals surface area contributed by atoms with Gasteiger partial charge in [0.1, 0.15) is 7.05 Å². The lowest BCUT2D eigenvalue weighted by Gasteiger charge is -2.01. The summed E-state index contributed by atoms with van der Waals surface area (Å²) >= 11 is 0. The largest absolute Gasteiger partial charge is 0.347 e. The number of benzene rings is 2. The average molecular weight is 327 g/mol. The van der Waals surface area contributed by atoms with Crippen molar-refractivity contribution in [1.29, 1.82) is 0 Å². The molecule has 4 rings (SSSR count). The summed E-state index contributed by atoms with van der Waals surface area (Å²) in [6.45, 7) is 3.28. The van der Waals surface area contributed by atoms with Crippen LogP contribution in [0.25, 0.3) is 34.0 Å². The molecule has 2 aromatic carbocycles. The third-order valence-corrected chi connectivity index (χ3v) is 4.80. The number of rotatable bonds is 4. The van der Waals surface area contributed by atoms with Gasteiger partial charge in [0.2, 0.25) is 5.52 Å². The quantitative estimate of drug-likeness (QED) is 0.456. The Morgan fingerprint density at radius 1 is 0.880 bits per heavy atom. The van der Waals surface area contributed by atoms with Gasteiger partial charge in [-0.25, -0.2) is 4.57 Å². The predicted molar refractivity (Wildman–Crippen MR) is 106 cm³/mol. The highest BCUT2D eigenvalue weighted by Gasteiger charge is 2.08. The van der Waals surface area contributed by atoms with Crippen LogP contribution in [0.1, 0.15) is 24.5 Å². The Bertz CT molecular complexity index is 1070. The van der Waals surface area contributed by atoms with E-state index >= 15 is 0 Å². The first-order chi connectivity index (χ1) is 12.3. The summed E-state index contributed by atoms with van der Waals surface area (Å²) in [4.78, 5) is 0. The molecule has 0 saturated carbocycles. The Hall–Kier alpha value is -2.87. The van der Waals surface area contributed by atoms with Crippen LogP contribution in [0, 0.1) is 0 Å². The number of aromatic nitrogens is 2. The van der Waals surface area contributed by atoms with E-state index in [0.717, 1.165) is 13.0 Å². The molecule has 4 aromatic rings. The number of hydrogen-bond donors (Lipinski definition) is 0. The van der Waals surface area contributed by atoms with Gasteiger partial charge in [0.25, 0.3) is 0 Å². The summed E-state index contributed by atoms with van der Waals surface area (Å²) in [6, 6.07) is 19.4. The van der Waals surface area contributed by atoms with E-state index in [4.69, 9.17) is 0 Å². The van der Waals surface area contributed by atoms with Crippen LogP contribution < -0.4 is 4.57 Å². The van der Waals surface area contributed by atoms with E-state index < -0.39 is 0 Å². The molecule has 0 aliphatic heterocycles. The van der Waals surface area contributed by atoms with Crippen molar-refractivity contribution in [3.8, 4) is 0 Å². The summed E-state index contributed by atoms with van der Waals surface area (Å²) in [5, 5.41) is 2.60. The van der Waals surface area contributed by atoms with Crippen LogP contribution in [0.5, 0.6) is 0 Å². The van der Waals surface area contributed by atoms with Crippen molar-refractivity contribution in [2.24, 2.45) is 7.05 Å². The maximum Gasteiger partial charge on any atom is 0.212 e. The van der Waals surface area contributed by atoms with Gasteiger partial charge in [-0.3, -0.25) is 0 Å². The first-order valence-corrected chi connectivity index (χ1v) is 8.91. The molecule has 0 unspecified atom stereocenters. The Labute approximate surface area is 148 Å². The Kier molecular flexibility index (Phi) is 4.10. The highest BCUT2D eigenvalue weighted by Crippen LogP contribution is 2.24. The van der Waals surface area contributed by atoms with E-state index in [1.807, 2.05) is 0 Å². The smallest absolute Gasteiger partial charge is 0.212 e. The molecular weight excluding hydrogens is 304 g/mol. The van der Waals surface area contributed by atoms with Crippen LogP contribution in [0.4, 0.5) is 0 Å². The fourth-order valence-corrected chi connectivity index (χ4v) is 3.55. The second-order valence-corrected chi connectivity index (χ2v) is 6.53. The van der Waals surface area contributed by atoms with Gasteiger partial charge in [-0.05, 0) is 29.7 Å². The Balaban J connectivity index is 1.81. The van der Waals surface area contributed by atoms with Crippen molar-refractivity contribution in [2.45, 2.75) is 19.9 Å². The van der Waals surface area contributed by atoms with Crippen LogP contribution in [0.15, 0.2) is 67.0 Å². The molecule has 0 N–H and O–H groups in total. The van der Waals surface area contributed by atoms with Crippen molar-refractivity contribution in [1.82, 2.24) is 4.57 Å². The Morgan fingerprint density at radius 2 is 1.60 bits per heavy atom. The molecule has 0 saturated heterocycles. The topological polar surface area (TPSA) is 8.81 Å². The van der Waals surface area contributed by atoms with E-state index in [0.29, 0.717) is 0 Å². The van der Waals surface area contributed by atoms with E-state index in [9.17, 15) is 0 Å². The van der Waals surface area contributed by atoms with Crippen LogP contribution in [-0.4, -0.2) is 4.57 Å². The van der Waals surface area contributed by atoms with E-state index in [1.165, 1.54) is 32.9 Å². The van der Waals surface area contributed by atoms with Gasteiger partial charge in [0.05, 0.1) is 5.39 Å². The van der Waals surface area contributed by atoms with E-state index in [2.05, 4.69) is 102 Å². The van der Waals surface area contributed by atoms with Gasteiger partial charge in [-0.2, -0.15) is 0 Å². The second kappa shape index (κ2) is 6.56. The zero-order valence-corrected chi connectivity index (χ0v) is 14.8. The zero-order valence-electron chi connectivity index (χ0n) is 14.8. The van der Waals surface area contributed by atoms with Gasteiger partial charge in [0.15, 0.2) is 6.20 Å². The average Bonchev–Trinajstić information content (AvgIpc) is 3.00. The maximum atomic E-state index is 2.36. The van der Waals surface area contributed by atoms with E-state index in [-0.39, 0.29) is 0 Å². The van der Waals surface area contributed by atoms with Gasteiger partial charge in [-0.1, -0.05) is 49.4 Å². The number of nitrogens with zero attached hydrogens (tertiary/aromatic N) is 2. The number of aryl methyl sites for hydroxylation is 2. The molecule has 0 amide bonds. The van der Waals surface area contributed by atoms with Crippen molar-refractivity contribution >= 4 is 34.0 Å². The van der Waals surface area contributed by atoms with Crippen molar-refractivity contribution in [3.63, 3.8) is 0 Å². The minimum Gasteiger partial charge on any atom is -0.347 e. The first-order valence-electron chi connectivity index (χ1n) is 8.91. The number of para-hydroxylation sites is 2. The van der Waals surface area contributed by atoms with Crippen LogP contribution >= 0.6 is 0 Å². The molecule has 0 aliphatic rings. The summed E-state index contributed by atoms with van der Waals surface area (Å²) < 4.78 is 4.53. The van der Waals surface area contributed by atoms with Crippen LogP contribution in [0.3, 0.4) is 0 Å². The molecule has 124 valence electrons. The van der Waals surface area contributed by atoms with Gasteiger partial charge in [-0.15, -0.1) is 0 Å². The third kappa shape index (κ3) is 2.85. The number of pyridine rings is 1. The number of fused-ring (bicyclic) bond motifs is 2. The zero-order chi connectivity index (χ0) is 17.2. The lowest BCUT2D eigenvalue weighted by molar-refractivity contribution is -0.644. The highest BCUT2D eigenvalue weighted by atomic mass is 15.0. The second-order valence-electron chi connectivity index (χ2n) is 6.53. The fraction of sp³-hybridized carbons (Fsp3) is 0.174. The van der Waals surface area contributed by atoms with Crippen molar-refractivity contribution in [3.05, 3.63) is 78.1 Å². The van der Waals surface area contributed by atoms with Crippen molar-refractivity contribution < 1.29 is 4.57 Å². The molecule has 2 nitrogen and oxygen atoms in total. The molecule has 0 atom stereocenters. The third-order valence-electron chi connectivity index (χ3n) is 4.80. The van der Waals surface area contributed by atoms with Crippen molar-refractivity contribution in [2.75, 3.05) is 0 Å². The molecule has 2 heterocycles. The summed E-state index contributed by atoms with van der Waals surface area (Å²) in [7, 11) is 2.09. The molecule has 25 heavy (non-hydrogen) atoms. The fourth-order valence-electron chi connectivity index (χ4n) is 3.55.